The molecule has 5 heteroatoms. The fourth-order valence-corrected chi connectivity index (χ4v) is 1.86. The summed E-state index contributed by atoms with van der Waals surface area (Å²) >= 11 is 5.12. The van der Waals surface area contributed by atoms with Gasteiger partial charge in [0.1, 0.15) is 6.54 Å². The summed E-state index contributed by atoms with van der Waals surface area (Å²) < 4.78 is 4.81. The maximum atomic E-state index is 11.2. The molecular formula is C15H22N2O2S. The highest BCUT2D eigenvalue weighted by Gasteiger charge is 2.05. The third-order valence-electron chi connectivity index (χ3n) is 3.05. The number of ether oxygens (including phenoxy) is 1. The molecule has 1 atom stereocenters. The van der Waals surface area contributed by atoms with Crippen molar-refractivity contribution in [3.63, 3.8) is 0 Å². The second kappa shape index (κ2) is 8.53. The van der Waals surface area contributed by atoms with Crippen molar-refractivity contribution in [1.29, 1.82) is 0 Å². The number of carbonyl (C=O) groups excluding carboxylic acids is 1. The van der Waals surface area contributed by atoms with E-state index in [9.17, 15) is 4.79 Å². The molecule has 0 heterocycles. The van der Waals surface area contributed by atoms with Gasteiger partial charge in [-0.15, -0.1) is 0 Å². The molecule has 0 saturated carbocycles. The van der Waals surface area contributed by atoms with Crippen LogP contribution in [0.5, 0.6) is 0 Å². The molecular weight excluding hydrogens is 272 g/mol. The van der Waals surface area contributed by atoms with Gasteiger partial charge < -0.3 is 15.4 Å². The highest BCUT2D eigenvalue weighted by Crippen LogP contribution is 2.20. The Balaban J connectivity index is 2.44. The van der Waals surface area contributed by atoms with Crippen LogP contribution in [0.3, 0.4) is 0 Å². The van der Waals surface area contributed by atoms with E-state index in [0.29, 0.717) is 17.6 Å². The Morgan fingerprint density at radius 3 is 2.50 bits per heavy atom. The monoisotopic (exact) mass is 294 g/mol. The van der Waals surface area contributed by atoms with Gasteiger partial charge in [0.15, 0.2) is 5.11 Å². The lowest BCUT2D eigenvalue weighted by molar-refractivity contribution is -0.141. The fourth-order valence-electron chi connectivity index (χ4n) is 1.67. The summed E-state index contributed by atoms with van der Waals surface area (Å²) in [7, 11) is 0. The minimum absolute atomic E-state index is 0.0740. The Morgan fingerprint density at radius 1 is 1.30 bits per heavy atom. The maximum absolute atomic E-state index is 11.2. The van der Waals surface area contributed by atoms with Crippen molar-refractivity contribution in [2.45, 2.75) is 33.1 Å². The van der Waals surface area contributed by atoms with Gasteiger partial charge in [0.05, 0.1) is 6.61 Å². The van der Waals surface area contributed by atoms with Crippen molar-refractivity contribution in [2.75, 3.05) is 18.5 Å². The predicted octanol–water partition coefficient (Wildman–Crippen LogP) is 3.05. The lowest BCUT2D eigenvalue weighted by Crippen LogP contribution is -2.33. The smallest absolute Gasteiger partial charge is 0.325 e. The summed E-state index contributed by atoms with van der Waals surface area (Å²) in [5.74, 6) is 0.238. The van der Waals surface area contributed by atoms with Gasteiger partial charge in [-0.05, 0) is 49.2 Å². The summed E-state index contributed by atoms with van der Waals surface area (Å²) in [6.07, 6.45) is 1.12. The summed E-state index contributed by atoms with van der Waals surface area (Å²) in [5.41, 5.74) is 2.21. The summed E-state index contributed by atoms with van der Waals surface area (Å²) in [5, 5.41) is 6.26. The molecule has 1 aromatic rings. The van der Waals surface area contributed by atoms with E-state index in [1.54, 1.807) is 6.92 Å². The third-order valence-corrected chi connectivity index (χ3v) is 3.29. The van der Waals surface area contributed by atoms with Crippen molar-refractivity contribution in [1.82, 2.24) is 5.32 Å². The van der Waals surface area contributed by atoms with Gasteiger partial charge in [0.2, 0.25) is 0 Å². The SMILES string of the molecule is CCOC(=O)CNC(=S)Nc1ccc(C(C)CC)cc1. The molecule has 0 amide bonds. The van der Waals surface area contributed by atoms with E-state index in [0.717, 1.165) is 12.1 Å². The van der Waals surface area contributed by atoms with E-state index in [-0.39, 0.29) is 12.5 Å². The lowest BCUT2D eigenvalue weighted by Gasteiger charge is -2.12. The summed E-state index contributed by atoms with van der Waals surface area (Å²) in [6.45, 7) is 6.59. The number of thiocarbonyl (C=S) groups is 1. The first kappa shape index (κ1) is 16.4. The van der Waals surface area contributed by atoms with Crippen LogP contribution < -0.4 is 10.6 Å². The van der Waals surface area contributed by atoms with Gasteiger partial charge in [0, 0.05) is 5.69 Å². The number of esters is 1. The van der Waals surface area contributed by atoms with E-state index >= 15 is 0 Å². The number of nitrogens with one attached hydrogen (secondary N) is 2. The first-order chi connectivity index (χ1) is 9.56. The molecule has 1 aromatic carbocycles. The number of rotatable bonds is 6. The molecule has 0 bridgehead atoms. The van der Waals surface area contributed by atoms with Gasteiger partial charge in [-0.25, -0.2) is 0 Å². The van der Waals surface area contributed by atoms with Crippen molar-refractivity contribution < 1.29 is 9.53 Å². The van der Waals surface area contributed by atoms with Crippen molar-refractivity contribution >= 4 is 29.0 Å². The van der Waals surface area contributed by atoms with E-state index in [4.69, 9.17) is 17.0 Å². The van der Waals surface area contributed by atoms with E-state index in [2.05, 4.69) is 36.6 Å². The molecule has 0 aliphatic rings. The number of hydrogen-bond donors (Lipinski definition) is 2. The van der Waals surface area contributed by atoms with Crippen LogP contribution in [-0.4, -0.2) is 24.2 Å². The van der Waals surface area contributed by atoms with Crippen LogP contribution in [0.15, 0.2) is 24.3 Å². The normalized spacial score (nSPS) is 11.6. The summed E-state index contributed by atoms with van der Waals surface area (Å²) in [6, 6.07) is 8.15. The molecule has 20 heavy (non-hydrogen) atoms. The first-order valence-corrected chi connectivity index (χ1v) is 7.28. The first-order valence-electron chi connectivity index (χ1n) is 6.87. The van der Waals surface area contributed by atoms with E-state index in [1.807, 2.05) is 12.1 Å². The minimum atomic E-state index is -0.316. The van der Waals surface area contributed by atoms with Crippen molar-refractivity contribution in [3.8, 4) is 0 Å². The Bertz CT molecular complexity index is 446. The molecule has 1 rings (SSSR count). The maximum Gasteiger partial charge on any atom is 0.325 e. The number of anilines is 1. The molecule has 0 fully saturated rings. The second-order valence-electron chi connectivity index (χ2n) is 4.54. The van der Waals surface area contributed by atoms with Crippen LogP contribution >= 0.6 is 12.2 Å². The zero-order chi connectivity index (χ0) is 15.0. The molecule has 2 N–H and O–H groups in total. The molecule has 0 saturated heterocycles. The Kier molecular flexibility index (Phi) is 7.01. The molecule has 0 spiro atoms. The third kappa shape index (κ3) is 5.57. The molecule has 0 radical (unpaired) electrons. The molecule has 4 nitrogen and oxygen atoms in total. The van der Waals surface area contributed by atoms with Crippen LogP contribution in [0.4, 0.5) is 5.69 Å². The predicted molar refractivity (Wildman–Crippen MR) is 86.0 cm³/mol. The van der Waals surface area contributed by atoms with Gasteiger partial charge in [0.25, 0.3) is 0 Å². The van der Waals surface area contributed by atoms with Crippen molar-refractivity contribution in [3.05, 3.63) is 29.8 Å². The van der Waals surface area contributed by atoms with Crippen LogP contribution in [-0.2, 0) is 9.53 Å². The number of benzene rings is 1. The van der Waals surface area contributed by atoms with E-state index < -0.39 is 0 Å². The van der Waals surface area contributed by atoms with Gasteiger partial charge in [-0.1, -0.05) is 26.0 Å². The molecule has 110 valence electrons. The highest BCUT2D eigenvalue weighted by atomic mass is 32.1. The molecule has 0 aromatic heterocycles. The fraction of sp³-hybridized carbons (Fsp3) is 0.467. The minimum Gasteiger partial charge on any atom is -0.465 e. The van der Waals surface area contributed by atoms with Gasteiger partial charge >= 0.3 is 5.97 Å². The second-order valence-corrected chi connectivity index (χ2v) is 4.95. The zero-order valence-electron chi connectivity index (χ0n) is 12.2. The Hall–Kier alpha value is -1.62. The Morgan fingerprint density at radius 2 is 1.95 bits per heavy atom. The average molecular weight is 294 g/mol. The topological polar surface area (TPSA) is 50.4 Å². The van der Waals surface area contributed by atoms with Crippen molar-refractivity contribution in [2.24, 2.45) is 0 Å². The van der Waals surface area contributed by atoms with Crippen LogP contribution in [0.2, 0.25) is 0 Å². The van der Waals surface area contributed by atoms with Crippen LogP contribution in [0.25, 0.3) is 0 Å². The molecule has 1 unspecified atom stereocenters. The standard InChI is InChI=1S/C15H22N2O2S/c1-4-11(3)12-6-8-13(9-7-12)17-15(20)16-10-14(18)19-5-2/h6-9,11H,4-5,10H2,1-3H3,(H2,16,17,20). The molecule has 0 aliphatic heterocycles. The number of carbonyl (C=O) groups is 1. The molecule has 0 aliphatic carbocycles. The van der Waals surface area contributed by atoms with E-state index in [1.165, 1.54) is 5.56 Å². The van der Waals surface area contributed by atoms with Gasteiger partial charge in [-0.3, -0.25) is 4.79 Å². The lowest BCUT2D eigenvalue weighted by atomic mass is 9.99. The highest BCUT2D eigenvalue weighted by molar-refractivity contribution is 7.80. The van der Waals surface area contributed by atoms with Crippen LogP contribution in [0, 0.1) is 0 Å². The zero-order valence-corrected chi connectivity index (χ0v) is 13.0. The van der Waals surface area contributed by atoms with Crippen LogP contribution in [0.1, 0.15) is 38.7 Å². The van der Waals surface area contributed by atoms with Gasteiger partial charge in [-0.2, -0.15) is 0 Å². The number of hydrogen-bond acceptors (Lipinski definition) is 3. The Labute approximate surface area is 125 Å². The quantitative estimate of drug-likeness (QED) is 0.624. The summed E-state index contributed by atoms with van der Waals surface area (Å²) in [4.78, 5) is 11.2. The largest absolute Gasteiger partial charge is 0.465 e. The average Bonchev–Trinajstić information content (AvgIpc) is 2.45.